The lowest BCUT2D eigenvalue weighted by molar-refractivity contribution is 0.0998. The number of benzene rings is 1. The number of pyridine rings is 1. The Labute approximate surface area is 124 Å². The fraction of sp³-hybridized carbons (Fsp3) is 0. The summed E-state index contributed by atoms with van der Waals surface area (Å²) in [6, 6.07) is 9.89. The van der Waals surface area contributed by atoms with Gasteiger partial charge >= 0.3 is 0 Å². The number of nitrogens with one attached hydrogen (secondary N) is 1. The lowest BCUT2D eigenvalue weighted by atomic mass is 10.3. The van der Waals surface area contributed by atoms with Gasteiger partial charge in [0.25, 0.3) is 5.91 Å². The second kappa shape index (κ2) is 5.15. The first kappa shape index (κ1) is 13.0. The Hall–Kier alpha value is -2.04. The summed E-state index contributed by atoms with van der Waals surface area (Å²) in [6.07, 6.45) is 1.63. The van der Waals surface area contributed by atoms with Gasteiger partial charge in [-0.15, -0.1) is 0 Å². The highest BCUT2D eigenvalue weighted by molar-refractivity contribution is 6.36. The number of halogens is 2. The number of rotatable bonds is 2. The third-order valence-corrected chi connectivity index (χ3v) is 3.24. The summed E-state index contributed by atoms with van der Waals surface area (Å²) in [5.74, 6) is -0.225. The first-order valence-corrected chi connectivity index (χ1v) is 6.50. The molecule has 0 saturated heterocycles. The zero-order valence-electron chi connectivity index (χ0n) is 10.1. The van der Waals surface area contributed by atoms with Gasteiger partial charge in [0, 0.05) is 17.3 Å². The standard InChI is InChI=1S/C14H8Cl2N2O2/c15-8-3-4-10(9(16)6-8)18-14(19)13-7-11-12(20-13)2-1-5-17-11/h1-7H,(H,18,19). The number of aromatic nitrogens is 1. The molecule has 0 saturated carbocycles. The van der Waals surface area contributed by atoms with Gasteiger partial charge in [-0.1, -0.05) is 23.2 Å². The second-order valence-corrected chi connectivity index (χ2v) is 4.92. The molecule has 0 radical (unpaired) electrons. The summed E-state index contributed by atoms with van der Waals surface area (Å²) in [5, 5.41) is 3.53. The molecule has 0 aliphatic carbocycles. The molecule has 1 N–H and O–H groups in total. The number of amides is 1. The molecule has 2 heterocycles. The van der Waals surface area contributed by atoms with Crippen LogP contribution < -0.4 is 5.32 Å². The molecule has 1 aromatic carbocycles. The Kier molecular flexibility index (Phi) is 3.34. The number of nitrogens with zero attached hydrogens (tertiary/aromatic N) is 1. The van der Waals surface area contributed by atoms with Crippen LogP contribution in [0.4, 0.5) is 5.69 Å². The van der Waals surface area contributed by atoms with Crippen molar-refractivity contribution in [1.82, 2.24) is 4.98 Å². The molecule has 0 aliphatic heterocycles. The fourth-order valence-electron chi connectivity index (χ4n) is 1.76. The van der Waals surface area contributed by atoms with Gasteiger partial charge in [0.1, 0.15) is 5.52 Å². The molecule has 4 nitrogen and oxygen atoms in total. The van der Waals surface area contributed by atoms with E-state index in [0.717, 1.165) is 0 Å². The average Bonchev–Trinajstić information content (AvgIpc) is 2.86. The summed E-state index contributed by atoms with van der Waals surface area (Å²) in [4.78, 5) is 16.2. The second-order valence-electron chi connectivity index (χ2n) is 4.08. The van der Waals surface area contributed by atoms with E-state index in [-0.39, 0.29) is 5.76 Å². The van der Waals surface area contributed by atoms with E-state index in [1.807, 2.05) is 0 Å². The third kappa shape index (κ3) is 2.48. The number of anilines is 1. The smallest absolute Gasteiger partial charge is 0.291 e. The van der Waals surface area contributed by atoms with Gasteiger partial charge in [0.15, 0.2) is 11.3 Å². The summed E-state index contributed by atoms with van der Waals surface area (Å²) in [7, 11) is 0. The minimum atomic E-state index is -0.396. The lowest BCUT2D eigenvalue weighted by Crippen LogP contribution is -2.11. The number of carbonyl (C=O) groups excluding carboxylic acids is 1. The van der Waals surface area contributed by atoms with Crippen LogP contribution in [0.3, 0.4) is 0 Å². The minimum Gasteiger partial charge on any atom is -0.449 e. The van der Waals surface area contributed by atoms with E-state index in [1.54, 1.807) is 42.6 Å². The summed E-state index contributed by atoms with van der Waals surface area (Å²) >= 11 is 11.8. The third-order valence-electron chi connectivity index (χ3n) is 2.69. The molecule has 3 rings (SSSR count). The summed E-state index contributed by atoms with van der Waals surface area (Å²) in [6.45, 7) is 0. The van der Waals surface area contributed by atoms with Crippen LogP contribution in [0.5, 0.6) is 0 Å². The predicted octanol–water partition coefficient (Wildman–Crippen LogP) is 4.39. The van der Waals surface area contributed by atoms with Crippen LogP contribution >= 0.6 is 23.2 Å². The molecular weight excluding hydrogens is 299 g/mol. The lowest BCUT2D eigenvalue weighted by Gasteiger charge is -2.05. The zero-order chi connectivity index (χ0) is 14.1. The van der Waals surface area contributed by atoms with E-state index in [4.69, 9.17) is 27.6 Å². The Morgan fingerprint density at radius 3 is 2.80 bits per heavy atom. The van der Waals surface area contributed by atoms with Crippen LogP contribution in [-0.4, -0.2) is 10.9 Å². The molecule has 0 fully saturated rings. The van der Waals surface area contributed by atoms with Crippen molar-refractivity contribution >= 4 is 45.9 Å². The van der Waals surface area contributed by atoms with E-state index in [2.05, 4.69) is 10.3 Å². The largest absolute Gasteiger partial charge is 0.449 e. The molecule has 3 aromatic rings. The van der Waals surface area contributed by atoms with Crippen molar-refractivity contribution in [3.05, 3.63) is 58.4 Å². The van der Waals surface area contributed by atoms with Crippen LogP contribution in [0, 0.1) is 0 Å². The van der Waals surface area contributed by atoms with Crippen molar-refractivity contribution in [2.75, 3.05) is 5.32 Å². The molecule has 100 valence electrons. The van der Waals surface area contributed by atoms with Crippen LogP contribution in [0.25, 0.3) is 11.1 Å². The molecular formula is C14H8Cl2N2O2. The Bertz CT molecular complexity index is 766. The maximum Gasteiger partial charge on any atom is 0.291 e. The van der Waals surface area contributed by atoms with E-state index in [0.29, 0.717) is 26.8 Å². The van der Waals surface area contributed by atoms with Gasteiger partial charge in [-0.05, 0) is 30.3 Å². The molecule has 0 spiro atoms. The van der Waals surface area contributed by atoms with Gasteiger partial charge in [-0.2, -0.15) is 0 Å². The van der Waals surface area contributed by atoms with Gasteiger partial charge < -0.3 is 9.73 Å². The van der Waals surface area contributed by atoms with E-state index >= 15 is 0 Å². The molecule has 1 amide bonds. The van der Waals surface area contributed by atoms with Crippen LogP contribution in [-0.2, 0) is 0 Å². The molecule has 20 heavy (non-hydrogen) atoms. The zero-order valence-corrected chi connectivity index (χ0v) is 11.6. The highest BCUT2D eigenvalue weighted by Gasteiger charge is 2.14. The first-order chi connectivity index (χ1) is 9.63. The van der Waals surface area contributed by atoms with Gasteiger partial charge in [0.05, 0.1) is 10.7 Å². The highest BCUT2D eigenvalue weighted by Crippen LogP contribution is 2.26. The predicted molar refractivity (Wildman–Crippen MR) is 78.4 cm³/mol. The van der Waals surface area contributed by atoms with Crippen LogP contribution in [0.2, 0.25) is 10.0 Å². The van der Waals surface area contributed by atoms with Crippen molar-refractivity contribution in [2.24, 2.45) is 0 Å². The maximum absolute atomic E-state index is 12.1. The number of furan rings is 1. The topological polar surface area (TPSA) is 55.1 Å². The monoisotopic (exact) mass is 306 g/mol. The Morgan fingerprint density at radius 1 is 1.20 bits per heavy atom. The van der Waals surface area contributed by atoms with Crippen molar-refractivity contribution in [3.8, 4) is 0 Å². The number of fused-ring (bicyclic) bond motifs is 1. The highest BCUT2D eigenvalue weighted by atomic mass is 35.5. The van der Waals surface area contributed by atoms with E-state index < -0.39 is 5.91 Å². The molecule has 0 bridgehead atoms. The number of hydrogen-bond acceptors (Lipinski definition) is 3. The Balaban J connectivity index is 1.89. The van der Waals surface area contributed by atoms with Crippen LogP contribution in [0.15, 0.2) is 47.0 Å². The average molecular weight is 307 g/mol. The minimum absolute atomic E-state index is 0.171. The van der Waals surface area contributed by atoms with Gasteiger partial charge in [0.2, 0.25) is 0 Å². The number of carbonyl (C=O) groups is 1. The fourth-order valence-corrected chi connectivity index (χ4v) is 2.21. The summed E-state index contributed by atoms with van der Waals surface area (Å²) in [5.41, 5.74) is 1.65. The molecule has 0 unspecified atom stereocenters. The molecule has 0 aliphatic rings. The summed E-state index contributed by atoms with van der Waals surface area (Å²) < 4.78 is 5.42. The molecule has 2 aromatic heterocycles. The molecule has 0 atom stereocenters. The van der Waals surface area contributed by atoms with Crippen molar-refractivity contribution < 1.29 is 9.21 Å². The quantitative estimate of drug-likeness (QED) is 0.764. The SMILES string of the molecule is O=C(Nc1ccc(Cl)cc1Cl)c1cc2ncccc2o1. The van der Waals surface area contributed by atoms with Crippen molar-refractivity contribution in [3.63, 3.8) is 0 Å². The molecule has 6 heteroatoms. The van der Waals surface area contributed by atoms with E-state index in [1.165, 1.54) is 0 Å². The normalized spacial score (nSPS) is 10.7. The van der Waals surface area contributed by atoms with Gasteiger partial charge in [-0.25, -0.2) is 0 Å². The first-order valence-electron chi connectivity index (χ1n) is 5.74. The maximum atomic E-state index is 12.1. The van der Waals surface area contributed by atoms with E-state index in [9.17, 15) is 4.79 Å². The van der Waals surface area contributed by atoms with Gasteiger partial charge in [-0.3, -0.25) is 9.78 Å². The Morgan fingerprint density at radius 2 is 2.05 bits per heavy atom. The van der Waals surface area contributed by atoms with Crippen molar-refractivity contribution in [2.45, 2.75) is 0 Å². The number of hydrogen-bond donors (Lipinski definition) is 1. The van der Waals surface area contributed by atoms with Crippen LogP contribution in [0.1, 0.15) is 10.6 Å². The van der Waals surface area contributed by atoms with Crippen molar-refractivity contribution in [1.29, 1.82) is 0 Å².